The van der Waals surface area contributed by atoms with E-state index in [0.717, 1.165) is 87.2 Å². The van der Waals surface area contributed by atoms with Crippen molar-refractivity contribution < 1.29 is 14.6 Å². The summed E-state index contributed by atoms with van der Waals surface area (Å²) in [5, 5.41) is 9.79. The summed E-state index contributed by atoms with van der Waals surface area (Å²) in [5.74, 6) is -0.407. The van der Waals surface area contributed by atoms with Crippen LogP contribution in [0.15, 0.2) is 18.2 Å². The number of H-pyrrole nitrogens is 2. The second-order valence-electron chi connectivity index (χ2n) is 12.4. The highest BCUT2D eigenvalue weighted by molar-refractivity contribution is 5.98. The zero-order valence-corrected chi connectivity index (χ0v) is 25.7. The monoisotopic (exact) mass is 566 g/mol. The number of ether oxygens (including phenoxy) is 2. The van der Waals surface area contributed by atoms with Crippen LogP contribution >= 0.6 is 0 Å². The molecule has 7 nitrogen and oxygen atoms in total. The second-order valence-corrected chi connectivity index (χ2v) is 12.4. The molecule has 1 saturated heterocycles. The molecular weight excluding hydrogens is 524 g/mol. The molecule has 42 heavy (non-hydrogen) atoms. The normalized spacial score (nSPS) is 20.8. The van der Waals surface area contributed by atoms with Crippen LogP contribution in [0.25, 0.3) is 33.2 Å². The van der Waals surface area contributed by atoms with Gasteiger partial charge in [0.15, 0.2) is 0 Å². The quantitative estimate of drug-likeness (QED) is 0.311. The number of nitrogens with one attached hydrogen (secondary N) is 2. The Morgan fingerprint density at radius 3 is 2.19 bits per heavy atom. The average Bonchev–Trinajstić information content (AvgIpc) is 3.80. The maximum atomic E-state index is 9.79. The largest absolute Gasteiger partial charge is 0.396 e. The minimum atomic E-state index is -0.807. The van der Waals surface area contributed by atoms with Crippen molar-refractivity contribution in [2.24, 2.45) is 0 Å². The van der Waals surface area contributed by atoms with Gasteiger partial charge in [-0.25, -0.2) is 4.98 Å². The first kappa shape index (κ1) is 27.6. The molecule has 220 valence electrons. The highest BCUT2D eigenvalue weighted by Gasteiger charge is 2.52. The topological polar surface area (TPSA) is 96.1 Å². The molecule has 2 atom stereocenters. The molecule has 4 aliphatic rings. The number of aromatic amines is 2. The van der Waals surface area contributed by atoms with Crippen LogP contribution in [0.5, 0.6) is 0 Å². The Labute approximate surface area is 247 Å². The van der Waals surface area contributed by atoms with Crippen LogP contribution in [0, 0.1) is 13.8 Å². The van der Waals surface area contributed by atoms with E-state index in [1.165, 1.54) is 22.3 Å². The molecule has 3 aromatic rings. The van der Waals surface area contributed by atoms with Crippen LogP contribution in [0.1, 0.15) is 103 Å². The third-order valence-electron chi connectivity index (χ3n) is 10.2. The predicted molar refractivity (Wildman–Crippen MR) is 168 cm³/mol. The molecular formula is C35H42N4O3. The Kier molecular flexibility index (Phi) is 6.68. The number of aryl methyl sites for hydroxylation is 4. The Balaban J connectivity index is 1.63. The van der Waals surface area contributed by atoms with E-state index in [1.54, 1.807) is 0 Å². The molecule has 1 aliphatic carbocycles. The van der Waals surface area contributed by atoms with Crippen LogP contribution in [0.3, 0.4) is 0 Å². The molecule has 0 aromatic carbocycles. The van der Waals surface area contributed by atoms with Gasteiger partial charge >= 0.3 is 0 Å². The fourth-order valence-corrected chi connectivity index (χ4v) is 7.86. The number of aliphatic hydroxyl groups is 1. The summed E-state index contributed by atoms with van der Waals surface area (Å²) < 4.78 is 12.8. The van der Waals surface area contributed by atoms with Gasteiger partial charge < -0.3 is 24.5 Å². The Bertz CT molecular complexity index is 1790. The summed E-state index contributed by atoms with van der Waals surface area (Å²) in [6, 6.07) is 6.74. The molecule has 3 aliphatic heterocycles. The molecule has 0 amide bonds. The van der Waals surface area contributed by atoms with Crippen molar-refractivity contribution in [3.63, 3.8) is 0 Å². The fourth-order valence-electron chi connectivity index (χ4n) is 7.86. The average molecular weight is 567 g/mol. The Morgan fingerprint density at radius 1 is 0.905 bits per heavy atom. The molecule has 0 radical (unpaired) electrons. The number of fused-ring (bicyclic) bond motifs is 9. The number of rotatable bonds is 5. The number of hydrogen-bond donors (Lipinski definition) is 3. The third-order valence-corrected chi connectivity index (χ3v) is 10.2. The van der Waals surface area contributed by atoms with Gasteiger partial charge in [-0.3, -0.25) is 4.98 Å². The Hall–Kier alpha value is -3.26. The molecule has 0 saturated carbocycles. The molecule has 7 rings (SSSR count). The summed E-state index contributed by atoms with van der Waals surface area (Å²) in [5.41, 5.74) is 17.1. The van der Waals surface area contributed by atoms with Gasteiger partial charge in [0.2, 0.25) is 5.79 Å². The van der Waals surface area contributed by atoms with E-state index < -0.39 is 5.79 Å². The van der Waals surface area contributed by atoms with E-state index in [4.69, 9.17) is 19.4 Å². The summed E-state index contributed by atoms with van der Waals surface area (Å²) in [6.07, 6.45) is 4.10. The highest BCUT2D eigenvalue weighted by atomic mass is 16.7. The van der Waals surface area contributed by atoms with Gasteiger partial charge in [-0.15, -0.1) is 0 Å². The number of nitrogens with zero attached hydrogens (tertiary/aromatic N) is 2. The van der Waals surface area contributed by atoms with E-state index >= 15 is 0 Å². The number of allylic oxidation sites excluding steroid dienone is 1. The molecule has 7 heteroatoms. The number of aromatic nitrogens is 4. The number of hydrogen-bond acceptors (Lipinski definition) is 5. The zero-order valence-electron chi connectivity index (χ0n) is 25.7. The maximum absolute atomic E-state index is 9.79. The van der Waals surface area contributed by atoms with Crippen molar-refractivity contribution >= 4 is 33.2 Å². The van der Waals surface area contributed by atoms with Crippen LogP contribution in [-0.4, -0.2) is 50.7 Å². The molecule has 0 unspecified atom stereocenters. The first-order valence-electron chi connectivity index (χ1n) is 15.7. The molecule has 8 bridgehead atoms. The van der Waals surface area contributed by atoms with Crippen molar-refractivity contribution in [3.8, 4) is 0 Å². The molecule has 3 N–H and O–H groups in total. The maximum Gasteiger partial charge on any atom is 0.201 e. The van der Waals surface area contributed by atoms with E-state index in [9.17, 15) is 5.11 Å². The van der Waals surface area contributed by atoms with Gasteiger partial charge in [-0.1, -0.05) is 20.8 Å². The van der Waals surface area contributed by atoms with E-state index in [1.807, 2.05) is 0 Å². The fraction of sp³-hybridized carbons (Fsp3) is 0.486. The lowest BCUT2D eigenvalue weighted by Gasteiger charge is -2.24. The minimum Gasteiger partial charge on any atom is -0.396 e. The van der Waals surface area contributed by atoms with Crippen molar-refractivity contribution in [2.75, 3.05) is 19.8 Å². The van der Waals surface area contributed by atoms with Crippen molar-refractivity contribution in [1.29, 1.82) is 0 Å². The van der Waals surface area contributed by atoms with Crippen LogP contribution in [0.4, 0.5) is 0 Å². The SMILES string of the molecule is CCc1c(C)c2cc3[nH]c(cc4nc(c5c6nc(cc1[nH]2)C(C)=C6C1(C5)OCCO1)[C@@H](CCCO)[C@@H]4C)c(C)c3CC. The summed E-state index contributed by atoms with van der Waals surface area (Å²) in [4.78, 5) is 18.2. The van der Waals surface area contributed by atoms with Gasteiger partial charge in [0.05, 0.1) is 24.6 Å². The van der Waals surface area contributed by atoms with Crippen LogP contribution in [0.2, 0.25) is 0 Å². The highest BCUT2D eigenvalue weighted by Crippen LogP contribution is 2.53. The first-order chi connectivity index (χ1) is 20.3. The predicted octanol–water partition coefficient (Wildman–Crippen LogP) is 6.95. The van der Waals surface area contributed by atoms with E-state index in [2.05, 4.69) is 69.7 Å². The summed E-state index contributed by atoms with van der Waals surface area (Å²) >= 11 is 0. The van der Waals surface area contributed by atoms with Gasteiger partial charge in [0.1, 0.15) is 0 Å². The van der Waals surface area contributed by atoms with Crippen molar-refractivity contribution in [3.05, 3.63) is 68.8 Å². The van der Waals surface area contributed by atoms with Crippen LogP contribution < -0.4 is 0 Å². The van der Waals surface area contributed by atoms with E-state index in [0.29, 0.717) is 19.6 Å². The molecule has 3 aromatic heterocycles. The van der Waals surface area contributed by atoms with Gasteiger partial charge in [-0.2, -0.15) is 0 Å². The van der Waals surface area contributed by atoms with E-state index in [-0.39, 0.29) is 18.4 Å². The first-order valence-corrected chi connectivity index (χ1v) is 15.7. The third kappa shape index (κ3) is 3.97. The van der Waals surface area contributed by atoms with Gasteiger partial charge in [0.25, 0.3) is 0 Å². The minimum absolute atomic E-state index is 0.172. The molecule has 1 spiro atoms. The number of aliphatic hydroxyl groups excluding tert-OH is 1. The lowest BCUT2D eigenvalue weighted by atomic mass is 9.85. The zero-order chi connectivity index (χ0) is 29.3. The van der Waals surface area contributed by atoms with Crippen molar-refractivity contribution in [1.82, 2.24) is 19.9 Å². The molecule has 1 fully saturated rings. The van der Waals surface area contributed by atoms with Gasteiger partial charge in [-0.05, 0) is 92.5 Å². The lowest BCUT2D eigenvalue weighted by Crippen LogP contribution is -2.30. The second kappa shape index (κ2) is 10.2. The standard InChI is InChI=1S/C35H42N4O3/c1-7-22-18(3)26-14-28-20(5)24(10-9-11-40)33(38-28)25-17-35(41-12-13-42-35)32-21(6)29(39-34(25)32)16-31-23(8-2)19(4)27(37-31)15-30(22)36-26/h14-16,20,24,36-37,40H,7-13,17H2,1-6H3/t20-,24-/m0/s1. The van der Waals surface area contributed by atoms with Gasteiger partial charge in [0, 0.05) is 69.5 Å². The molecule has 6 heterocycles. The van der Waals surface area contributed by atoms with Crippen molar-refractivity contribution in [2.45, 2.75) is 91.3 Å². The van der Waals surface area contributed by atoms with Crippen LogP contribution in [-0.2, 0) is 28.7 Å². The summed E-state index contributed by atoms with van der Waals surface area (Å²) in [7, 11) is 0. The summed E-state index contributed by atoms with van der Waals surface area (Å²) in [6.45, 7) is 14.6. The smallest absolute Gasteiger partial charge is 0.201 e. The Morgan fingerprint density at radius 2 is 1.55 bits per heavy atom. The lowest BCUT2D eigenvalue weighted by molar-refractivity contribution is -0.100.